The lowest BCUT2D eigenvalue weighted by molar-refractivity contribution is 0.0426. The summed E-state index contributed by atoms with van der Waals surface area (Å²) in [4.78, 5) is 5.74. The molecule has 0 spiro atoms. The van der Waals surface area contributed by atoms with Crippen LogP contribution in [0.3, 0.4) is 0 Å². The first-order chi connectivity index (χ1) is 13.3. The normalized spacial score (nSPS) is 14.2. The molecule has 2 N–H and O–H groups in total. The fourth-order valence-corrected chi connectivity index (χ4v) is 4.42. The Labute approximate surface area is 172 Å². The number of nitrogens with one attached hydrogen (secondary N) is 1. The van der Waals surface area contributed by atoms with Crippen LogP contribution in [0.25, 0.3) is 0 Å². The molecule has 0 unspecified atom stereocenters. The second-order valence-corrected chi connectivity index (χ2v) is 9.71. The van der Waals surface area contributed by atoms with Gasteiger partial charge in [-0.05, 0) is 18.1 Å². The summed E-state index contributed by atoms with van der Waals surface area (Å²) in [5, 5.41) is 16.0. The van der Waals surface area contributed by atoms with Crippen LogP contribution < -0.4 is 5.32 Å². The lowest BCUT2D eigenvalue weighted by atomic mass is 9.78. The van der Waals surface area contributed by atoms with Crippen molar-refractivity contribution in [1.82, 2.24) is 10.3 Å². The Hall–Kier alpha value is -2.01. The third-order valence-electron chi connectivity index (χ3n) is 4.86. The largest absolute Gasteiger partial charge is 0.388 e. The molecule has 0 saturated carbocycles. The number of benzene rings is 2. The van der Waals surface area contributed by atoms with E-state index in [-0.39, 0.29) is 11.3 Å². The number of rotatable bonds is 7. The van der Waals surface area contributed by atoms with Gasteiger partial charge < -0.3 is 10.4 Å². The van der Waals surface area contributed by atoms with Gasteiger partial charge in [0.05, 0.1) is 10.6 Å². The standard InChI is InChI=1S/C24H30N2OS/c1-23(2,3)22-26-16-20(28-22)15-25-17-24(4,27)21(18-11-7-5-8-12-18)19-13-9-6-10-14-19/h5-14,16,21,25,27H,15,17H2,1-4H3/t24-/m0/s1. The molecule has 0 saturated heterocycles. The van der Waals surface area contributed by atoms with E-state index in [1.807, 2.05) is 49.5 Å². The number of nitrogens with zero attached hydrogens (tertiary/aromatic N) is 1. The molecule has 0 amide bonds. The van der Waals surface area contributed by atoms with Crippen molar-refractivity contribution >= 4 is 11.3 Å². The lowest BCUT2D eigenvalue weighted by Gasteiger charge is -2.34. The maximum Gasteiger partial charge on any atom is 0.0981 e. The number of hydrogen-bond donors (Lipinski definition) is 2. The summed E-state index contributed by atoms with van der Waals surface area (Å²) >= 11 is 1.74. The molecule has 1 heterocycles. The Morgan fingerprint density at radius 2 is 1.46 bits per heavy atom. The molecule has 1 aromatic heterocycles. The van der Waals surface area contributed by atoms with Crippen molar-refractivity contribution in [1.29, 1.82) is 0 Å². The molecule has 1 atom stereocenters. The average molecular weight is 395 g/mol. The van der Waals surface area contributed by atoms with Crippen molar-refractivity contribution in [3.63, 3.8) is 0 Å². The van der Waals surface area contributed by atoms with Crippen molar-refractivity contribution in [2.45, 2.75) is 51.2 Å². The summed E-state index contributed by atoms with van der Waals surface area (Å²) in [5.41, 5.74) is 1.38. The minimum Gasteiger partial charge on any atom is -0.388 e. The van der Waals surface area contributed by atoms with Crippen molar-refractivity contribution in [2.24, 2.45) is 0 Å². The number of aromatic nitrogens is 1. The summed E-state index contributed by atoms with van der Waals surface area (Å²) < 4.78 is 0. The van der Waals surface area contributed by atoms with Crippen LogP contribution in [0.1, 0.15) is 54.6 Å². The summed E-state index contributed by atoms with van der Waals surface area (Å²) in [6, 6.07) is 20.5. The van der Waals surface area contributed by atoms with E-state index in [1.54, 1.807) is 11.3 Å². The highest BCUT2D eigenvalue weighted by Gasteiger charge is 2.34. The molecule has 0 bridgehead atoms. The smallest absolute Gasteiger partial charge is 0.0981 e. The topological polar surface area (TPSA) is 45.2 Å². The van der Waals surface area contributed by atoms with Gasteiger partial charge in [-0.3, -0.25) is 0 Å². The second-order valence-electron chi connectivity index (χ2n) is 8.60. The third-order valence-corrected chi connectivity index (χ3v) is 6.29. The first kappa shape index (κ1) is 20.7. The van der Waals surface area contributed by atoms with Gasteiger partial charge in [-0.15, -0.1) is 11.3 Å². The maximum atomic E-state index is 11.4. The van der Waals surface area contributed by atoms with Crippen molar-refractivity contribution in [3.05, 3.63) is 87.9 Å². The highest BCUT2D eigenvalue weighted by atomic mass is 32.1. The van der Waals surface area contributed by atoms with Crippen LogP contribution in [0.2, 0.25) is 0 Å². The summed E-state index contributed by atoms with van der Waals surface area (Å²) in [6.45, 7) is 9.65. The van der Waals surface area contributed by atoms with E-state index < -0.39 is 5.60 Å². The molecule has 3 aromatic rings. The van der Waals surface area contributed by atoms with Crippen LogP contribution >= 0.6 is 11.3 Å². The Morgan fingerprint density at radius 1 is 0.929 bits per heavy atom. The number of aliphatic hydroxyl groups is 1. The SMILES string of the molecule is CC(C)(C)c1ncc(CNC[C@](C)(O)C(c2ccccc2)c2ccccc2)s1. The molecule has 3 rings (SSSR count). The van der Waals surface area contributed by atoms with Crippen molar-refractivity contribution < 1.29 is 5.11 Å². The molecular formula is C24H30N2OS. The molecule has 0 aliphatic carbocycles. The van der Waals surface area contributed by atoms with E-state index in [0.717, 1.165) is 16.1 Å². The van der Waals surface area contributed by atoms with E-state index >= 15 is 0 Å². The van der Waals surface area contributed by atoms with Gasteiger partial charge >= 0.3 is 0 Å². The van der Waals surface area contributed by atoms with E-state index in [4.69, 9.17) is 0 Å². The molecule has 0 radical (unpaired) electrons. The lowest BCUT2D eigenvalue weighted by Crippen LogP contribution is -2.43. The summed E-state index contributed by atoms with van der Waals surface area (Å²) in [7, 11) is 0. The van der Waals surface area contributed by atoms with Gasteiger partial charge in [-0.25, -0.2) is 4.98 Å². The van der Waals surface area contributed by atoms with Gasteiger partial charge in [0.2, 0.25) is 0 Å². The van der Waals surface area contributed by atoms with Crippen LogP contribution in [0.15, 0.2) is 66.9 Å². The maximum absolute atomic E-state index is 11.4. The second kappa shape index (κ2) is 8.56. The van der Waals surface area contributed by atoms with Gasteiger partial charge in [-0.1, -0.05) is 81.4 Å². The predicted octanol–water partition coefficient (Wildman–Crippen LogP) is 5.11. The van der Waals surface area contributed by atoms with E-state index in [0.29, 0.717) is 13.1 Å². The zero-order valence-electron chi connectivity index (χ0n) is 17.1. The Kier molecular flexibility index (Phi) is 6.33. The Bertz CT molecular complexity index is 827. The predicted molar refractivity (Wildman–Crippen MR) is 118 cm³/mol. The number of thiazole rings is 1. The summed E-state index contributed by atoms with van der Waals surface area (Å²) in [5.74, 6) is -0.103. The molecule has 4 heteroatoms. The molecule has 28 heavy (non-hydrogen) atoms. The Balaban J connectivity index is 1.74. The Morgan fingerprint density at radius 3 is 1.93 bits per heavy atom. The fraction of sp³-hybridized carbons (Fsp3) is 0.375. The highest BCUT2D eigenvalue weighted by molar-refractivity contribution is 7.11. The zero-order valence-corrected chi connectivity index (χ0v) is 18.0. The molecule has 0 aliphatic rings. The van der Waals surface area contributed by atoms with Crippen LogP contribution in [-0.2, 0) is 12.0 Å². The van der Waals surface area contributed by atoms with Crippen LogP contribution in [0.4, 0.5) is 0 Å². The van der Waals surface area contributed by atoms with Crippen molar-refractivity contribution in [3.8, 4) is 0 Å². The minimum atomic E-state index is -0.930. The van der Waals surface area contributed by atoms with E-state index in [1.165, 1.54) is 4.88 Å². The van der Waals surface area contributed by atoms with E-state index in [9.17, 15) is 5.11 Å². The fourth-order valence-electron chi connectivity index (χ4n) is 3.48. The minimum absolute atomic E-state index is 0.0696. The van der Waals surface area contributed by atoms with Gasteiger partial charge in [-0.2, -0.15) is 0 Å². The van der Waals surface area contributed by atoms with E-state index in [2.05, 4.69) is 55.3 Å². The molecule has 2 aromatic carbocycles. The first-order valence-electron chi connectivity index (χ1n) is 9.75. The van der Waals surface area contributed by atoms with Gasteiger partial charge in [0.1, 0.15) is 0 Å². The quantitative estimate of drug-likeness (QED) is 0.585. The molecule has 3 nitrogen and oxygen atoms in total. The number of hydrogen-bond acceptors (Lipinski definition) is 4. The summed E-state index contributed by atoms with van der Waals surface area (Å²) in [6.07, 6.45) is 1.94. The third kappa shape index (κ3) is 5.07. The van der Waals surface area contributed by atoms with Gasteiger partial charge in [0.15, 0.2) is 0 Å². The molecule has 148 valence electrons. The average Bonchev–Trinajstić information content (AvgIpc) is 3.13. The zero-order chi connectivity index (χ0) is 20.2. The monoisotopic (exact) mass is 394 g/mol. The molecule has 0 aliphatic heterocycles. The first-order valence-corrected chi connectivity index (χ1v) is 10.6. The van der Waals surface area contributed by atoms with Crippen LogP contribution in [0.5, 0.6) is 0 Å². The van der Waals surface area contributed by atoms with Crippen LogP contribution in [0, 0.1) is 0 Å². The highest BCUT2D eigenvalue weighted by Crippen LogP contribution is 2.34. The molecule has 0 fully saturated rings. The van der Waals surface area contributed by atoms with Gasteiger partial charge in [0, 0.05) is 35.5 Å². The van der Waals surface area contributed by atoms with Crippen molar-refractivity contribution in [2.75, 3.05) is 6.54 Å². The van der Waals surface area contributed by atoms with Crippen LogP contribution in [-0.4, -0.2) is 22.2 Å². The van der Waals surface area contributed by atoms with Gasteiger partial charge in [0.25, 0.3) is 0 Å². The molecular weight excluding hydrogens is 364 g/mol.